The molecule has 4 aromatic rings. The van der Waals surface area contributed by atoms with E-state index >= 15 is 0 Å². The summed E-state index contributed by atoms with van der Waals surface area (Å²) in [7, 11) is -4.03. The smallest absolute Gasteiger partial charge is 0.334 e. The zero-order chi connectivity index (χ0) is 25.4. The number of halogens is 6. The van der Waals surface area contributed by atoms with E-state index in [0.29, 0.717) is 39.8 Å². The molecule has 0 aliphatic carbocycles. The van der Waals surface area contributed by atoms with Gasteiger partial charge in [-0.25, -0.2) is 40.1 Å². The number of rotatable bonds is 4. The summed E-state index contributed by atoms with van der Waals surface area (Å²) >= 11 is 0. The Morgan fingerprint density at radius 3 is 2.31 bits per heavy atom. The van der Waals surface area contributed by atoms with E-state index in [1.165, 1.54) is 0 Å². The number of hydrogen-bond acceptors (Lipinski definition) is 5. The predicted molar refractivity (Wildman–Crippen MR) is 109 cm³/mol. The molecule has 0 amide bonds. The number of fused-ring (bicyclic) bond motifs is 2. The summed E-state index contributed by atoms with van der Waals surface area (Å²) in [5.74, 6) is -9.33. The standard InChI is InChI=1S/C20H12F6N4O4S/c1-35(32,33)28-14-6-29-15(20(14,25)26)7-30(19(29)31)18-17-10(2-8(21)5-13(17)34-27-18)16-11(23)3-9(22)4-12(16)24/h2-5,7,14,28H,6H2,1H3/t14-/m1/s1. The SMILES string of the molecule is CS(=O)(=O)N[C@@H]1Cn2c(cn(-c3noc4cc(F)cc(-c5c(F)cc(F)cc5F)c34)c2=O)C1(F)F. The normalized spacial score (nSPS) is 17.3. The minimum absolute atomic E-state index is 0.309. The van der Waals surface area contributed by atoms with Crippen LogP contribution in [0.4, 0.5) is 26.3 Å². The monoisotopic (exact) mass is 518 g/mol. The molecule has 2 aromatic carbocycles. The van der Waals surface area contributed by atoms with Crippen molar-refractivity contribution in [1.82, 2.24) is 19.0 Å². The molecular formula is C20H12F6N4O4S. The highest BCUT2D eigenvalue weighted by Crippen LogP contribution is 2.40. The summed E-state index contributed by atoms with van der Waals surface area (Å²) in [6.07, 6.45) is 1.36. The third kappa shape index (κ3) is 3.61. The first-order valence-electron chi connectivity index (χ1n) is 9.70. The highest BCUT2D eigenvalue weighted by Gasteiger charge is 2.52. The fourth-order valence-corrected chi connectivity index (χ4v) is 4.84. The number of sulfonamides is 1. The third-order valence-electron chi connectivity index (χ3n) is 5.51. The van der Waals surface area contributed by atoms with Crippen LogP contribution in [-0.2, 0) is 22.5 Å². The molecule has 1 aliphatic heterocycles. The highest BCUT2D eigenvalue weighted by molar-refractivity contribution is 7.88. The lowest BCUT2D eigenvalue weighted by atomic mass is 10.00. The predicted octanol–water partition coefficient (Wildman–Crippen LogP) is 3.03. The van der Waals surface area contributed by atoms with Crippen LogP contribution in [0.15, 0.2) is 39.8 Å². The van der Waals surface area contributed by atoms with Crippen LogP contribution in [0.1, 0.15) is 5.69 Å². The van der Waals surface area contributed by atoms with E-state index in [1.807, 2.05) is 0 Å². The molecule has 0 fully saturated rings. The minimum atomic E-state index is -4.03. The lowest BCUT2D eigenvalue weighted by molar-refractivity contribution is -0.0248. The number of hydrogen-bond donors (Lipinski definition) is 1. The number of alkyl halides is 2. The molecule has 2 aromatic heterocycles. The Labute approximate surface area is 191 Å². The molecule has 1 atom stereocenters. The largest absolute Gasteiger partial charge is 0.354 e. The Balaban J connectivity index is 1.73. The summed E-state index contributed by atoms with van der Waals surface area (Å²) in [6.45, 7) is -0.722. The molecule has 0 unspecified atom stereocenters. The highest BCUT2D eigenvalue weighted by atomic mass is 32.2. The van der Waals surface area contributed by atoms with Crippen LogP contribution in [0.2, 0.25) is 0 Å². The molecule has 15 heteroatoms. The van der Waals surface area contributed by atoms with Gasteiger partial charge in [-0.05, 0) is 6.07 Å². The summed E-state index contributed by atoms with van der Waals surface area (Å²) in [6, 6.07) is 0.270. The average molecular weight is 518 g/mol. The average Bonchev–Trinajstić information content (AvgIpc) is 3.33. The molecule has 1 N–H and O–H groups in total. The molecule has 0 bridgehead atoms. The summed E-state index contributed by atoms with van der Waals surface area (Å²) in [5.41, 5.74) is -3.69. The van der Waals surface area contributed by atoms with Crippen LogP contribution >= 0.6 is 0 Å². The summed E-state index contributed by atoms with van der Waals surface area (Å²) < 4.78 is 117. The second kappa shape index (κ2) is 7.45. The fourth-order valence-electron chi connectivity index (χ4n) is 4.10. The zero-order valence-corrected chi connectivity index (χ0v) is 18.1. The first-order chi connectivity index (χ1) is 16.3. The molecule has 1 aliphatic rings. The van der Waals surface area contributed by atoms with Gasteiger partial charge in [-0.1, -0.05) is 5.16 Å². The maximum atomic E-state index is 14.9. The number of aromatic nitrogens is 3. The Bertz CT molecular complexity index is 1670. The van der Waals surface area contributed by atoms with Crippen molar-refractivity contribution in [1.29, 1.82) is 0 Å². The van der Waals surface area contributed by atoms with Gasteiger partial charge >= 0.3 is 11.6 Å². The number of benzene rings is 2. The lowest BCUT2D eigenvalue weighted by Gasteiger charge is -2.18. The molecule has 3 heterocycles. The van der Waals surface area contributed by atoms with Crippen molar-refractivity contribution < 1.29 is 39.3 Å². The van der Waals surface area contributed by atoms with Gasteiger partial charge in [0.1, 0.15) is 35.0 Å². The van der Waals surface area contributed by atoms with Gasteiger partial charge in [0.05, 0.1) is 23.8 Å². The van der Waals surface area contributed by atoms with Crippen LogP contribution < -0.4 is 10.4 Å². The second-order valence-corrected chi connectivity index (χ2v) is 9.70. The van der Waals surface area contributed by atoms with E-state index in [9.17, 15) is 39.6 Å². The molecule has 184 valence electrons. The molecule has 0 saturated carbocycles. The van der Waals surface area contributed by atoms with Crippen LogP contribution in [0.5, 0.6) is 0 Å². The van der Waals surface area contributed by atoms with Crippen molar-refractivity contribution in [3.05, 3.63) is 69.9 Å². The van der Waals surface area contributed by atoms with Crippen molar-refractivity contribution in [2.24, 2.45) is 0 Å². The molecule has 0 saturated heterocycles. The number of nitrogens with one attached hydrogen (secondary N) is 1. The van der Waals surface area contributed by atoms with Crippen molar-refractivity contribution in [2.75, 3.05) is 6.26 Å². The Kier molecular flexibility index (Phi) is 4.93. The number of nitrogens with zero attached hydrogens (tertiary/aromatic N) is 3. The van der Waals surface area contributed by atoms with Gasteiger partial charge in [-0.15, -0.1) is 0 Å². The Morgan fingerprint density at radius 1 is 1.09 bits per heavy atom. The van der Waals surface area contributed by atoms with E-state index in [-0.39, 0.29) is 11.0 Å². The quantitative estimate of drug-likeness (QED) is 0.419. The molecule has 35 heavy (non-hydrogen) atoms. The summed E-state index contributed by atoms with van der Waals surface area (Å²) in [4.78, 5) is 13.0. The lowest BCUT2D eigenvalue weighted by Crippen LogP contribution is -2.44. The van der Waals surface area contributed by atoms with Crippen LogP contribution in [-0.4, -0.2) is 35.0 Å². The van der Waals surface area contributed by atoms with Crippen molar-refractivity contribution in [2.45, 2.75) is 18.5 Å². The maximum Gasteiger partial charge on any atom is 0.334 e. The van der Waals surface area contributed by atoms with E-state index in [4.69, 9.17) is 4.52 Å². The van der Waals surface area contributed by atoms with Crippen molar-refractivity contribution in [3.8, 4) is 16.9 Å². The van der Waals surface area contributed by atoms with E-state index in [2.05, 4.69) is 5.16 Å². The van der Waals surface area contributed by atoms with E-state index in [1.54, 1.807) is 4.72 Å². The molecule has 0 spiro atoms. The Morgan fingerprint density at radius 2 is 1.71 bits per heavy atom. The number of imidazole rings is 1. The van der Waals surface area contributed by atoms with Gasteiger partial charge in [0.15, 0.2) is 11.4 Å². The van der Waals surface area contributed by atoms with E-state index in [0.717, 1.165) is 6.07 Å². The van der Waals surface area contributed by atoms with E-state index < -0.39 is 80.1 Å². The second-order valence-electron chi connectivity index (χ2n) is 7.92. The van der Waals surface area contributed by atoms with Gasteiger partial charge < -0.3 is 4.52 Å². The minimum Gasteiger partial charge on any atom is -0.354 e. The molecule has 0 radical (unpaired) electrons. The molecule has 8 nitrogen and oxygen atoms in total. The Hall–Kier alpha value is -3.59. The fraction of sp³-hybridized carbons (Fsp3) is 0.200. The molecule has 5 rings (SSSR count). The van der Waals surface area contributed by atoms with Crippen LogP contribution in [0.3, 0.4) is 0 Å². The first kappa shape index (κ1) is 23.2. The zero-order valence-electron chi connectivity index (χ0n) is 17.3. The van der Waals surface area contributed by atoms with Gasteiger partial charge in [-0.2, -0.15) is 8.78 Å². The van der Waals surface area contributed by atoms with Gasteiger partial charge in [0.25, 0.3) is 0 Å². The van der Waals surface area contributed by atoms with Crippen LogP contribution in [0.25, 0.3) is 27.9 Å². The maximum absolute atomic E-state index is 14.9. The third-order valence-corrected chi connectivity index (χ3v) is 6.22. The van der Waals surface area contributed by atoms with Gasteiger partial charge in [0.2, 0.25) is 10.0 Å². The first-order valence-corrected chi connectivity index (χ1v) is 11.6. The van der Waals surface area contributed by atoms with Crippen molar-refractivity contribution >= 4 is 21.0 Å². The van der Waals surface area contributed by atoms with Crippen LogP contribution in [0, 0.1) is 23.3 Å². The molecular weight excluding hydrogens is 506 g/mol. The van der Waals surface area contributed by atoms with Crippen molar-refractivity contribution in [3.63, 3.8) is 0 Å². The van der Waals surface area contributed by atoms with Gasteiger partial charge in [0, 0.05) is 30.0 Å². The van der Waals surface area contributed by atoms with Gasteiger partial charge in [-0.3, -0.25) is 4.57 Å². The summed E-state index contributed by atoms with van der Waals surface area (Å²) in [5, 5.41) is 3.29. The topological polar surface area (TPSA) is 99.1 Å².